The Bertz CT molecular complexity index is 838. The molecule has 4 N–H and O–H groups in total. The van der Waals surface area contributed by atoms with Crippen molar-refractivity contribution in [3.05, 3.63) is 35.1 Å². The average Bonchev–Trinajstić information content (AvgIpc) is 2.83. The molecule has 0 radical (unpaired) electrons. The van der Waals surface area contributed by atoms with Gasteiger partial charge >= 0.3 is 11.9 Å². The van der Waals surface area contributed by atoms with Crippen LogP contribution < -0.4 is 0 Å². The molecule has 2 heterocycles. The molecule has 8 nitrogen and oxygen atoms in total. The number of hydrogen-bond donors (Lipinski definition) is 4. The van der Waals surface area contributed by atoms with Crippen molar-refractivity contribution in [1.29, 1.82) is 0 Å². The largest absolute Gasteiger partial charge is 0.461 e. The van der Waals surface area contributed by atoms with Gasteiger partial charge < -0.3 is 29.6 Å². The van der Waals surface area contributed by atoms with E-state index in [-0.39, 0.29) is 11.1 Å². The number of carbonyl (C=O) groups is 2. The van der Waals surface area contributed by atoms with Crippen LogP contribution in [0.3, 0.4) is 0 Å². The number of aliphatic hydroxyl groups is 4. The van der Waals surface area contributed by atoms with Crippen molar-refractivity contribution in [2.24, 2.45) is 0 Å². The van der Waals surface area contributed by atoms with Gasteiger partial charge in [0.2, 0.25) is 0 Å². The van der Waals surface area contributed by atoms with Crippen LogP contribution in [-0.4, -0.2) is 50.7 Å². The Kier molecular flexibility index (Phi) is 3.72. The Balaban J connectivity index is 2.30. The third-order valence-electron chi connectivity index (χ3n) is 4.47. The molecule has 0 amide bonds. The lowest BCUT2D eigenvalue weighted by atomic mass is 9.80. The maximum Gasteiger partial charge on any atom is 0.346 e. The zero-order valence-electron chi connectivity index (χ0n) is 12.9. The summed E-state index contributed by atoms with van der Waals surface area (Å²) in [6.07, 6.45) is -6.73. The fourth-order valence-electron chi connectivity index (χ4n) is 2.91. The summed E-state index contributed by atoms with van der Waals surface area (Å²) in [5.41, 5.74) is -1.93. The van der Waals surface area contributed by atoms with Crippen LogP contribution in [0, 0.1) is 13.8 Å². The van der Waals surface area contributed by atoms with E-state index in [0.29, 0.717) is 11.1 Å². The molecule has 0 aliphatic carbocycles. The first-order valence-corrected chi connectivity index (χ1v) is 7.20. The second-order valence-electron chi connectivity index (χ2n) is 5.82. The number of carbonyl (C=O) groups excluding carboxylic acids is 2. The minimum atomic E-state index is -2.70. The zero-order chi connectivity index (χ0) is 17.8. The number of aryl methyl sites for hydroxylation is 2. The van der Waals surface area contributed by atoms with Crippen molar-refractivity contribution in [2.75, 3.05) is 0 Å². The van der Waals surface area contributed by atoms with Gasteiger partial charge in [-0.05, 0) is 19.4 Å². The smallest absolute Gasteiger partial charge is 0.346 e. The number of fused-ring (bicyclic) bond motifs is 1. The summed E-state index contributed by atoms with van der Waals surface area (Å²) in [6, 6.07) is 4.55. The second kappa shape index (κ2) is 5.38. The first-order chi connectivity index (χ1) is 11.2. The molecule has 4 atom stereocenters. The van der Waals surface area contributed by atoms with Crippen LogP contribution in [0.1, 0.15) is 16.9 Å². The quantitative estimate of drug-likeness (QED) is 0.400. The van der Waals surface area contributed by atoms with Crippen LogP contribution >= 0.6 is 0 Å². The van der Waals surface area contributed by atoms with Gasteiger partial charge in [-0.15, -0.1) is 0 Å². The summed E-state index contributed by atoms with van der Waals surface area (Å²) >= 11 is 0. The zero-order valence-corrected chi connectivity index (χ0v) is 12.9. The highest BCUT2D eigenvalue weighted by Gasteiger charge is 2.57. The minimum Gasteiger partial charge on any atom is -0.461 e. The van der Waals surface area contributed by atoms with E-state index in [4.69, 9.17) is 4.42 Å². The van der Waals surface area contributed by atoms with E-state index in [1.807, 2.05) is 0 Å². The number of benzene rings is 1. The molecular formula is C16H16O8. The third kappa shape index (κ3) is 2.08. The average molecular weight is 336 g/mol. The highest BCUT2D eigenvalue weighted by atomic mass is 16.6. The van der Waals surface area contributed by atoms with E-state index in [1.54, 1.807) is 19.9 Å². The molecule has 24 heavy (non-hydrogen) atoms. The second-order valence-corrected chi connectivity index (χ2v) is 5.82. The molecule has 1 fully saturated rings. The van der Waals surface area contributed by atoms with E-state index < -0.39 is 35.9 Å². The monoisotopic (exact) mass is 336 g/mol. The summed E-state index contributed by atoms with van der Waals surface area (Å²) in [7, 11) is 0. The Morgan fingerprint density at radius 3 is 2.42 bits per heavy atom. The number of furan rings is 1. The van der Waals surface area contributed by atoms with Gasteiger partial charge in [0.15, 0.2) is 17.8 Å². The molecule has 1 saturated heterocycles. The first kappa shape index (κ1) is 16.6. The van der Waals surface area contributed by atoms with Crippen molar-refractivity contribution < 1.29 is 39.2 Å². The molecule has 128 valence electrons. The lowest BCUT2D eigenvalue weighted by Crippen LogP contribution is -2.55. The summed E-state index contributed by atoms with van der Waals surface area (Å²) in [5.74, 6) is -2.39. The number of esters is 2. The van der Waals surface area contributed by atoms with Crippen LogP contribution in [0.25, 0.3) is 11.0 Å². The van der Waals surface area contributed by atoms with Gasteiger partial charge in [-0.3, -0.25) is 0 Å². The van der Waals surface area contributed by atoms with E-state index in [1.165, 1.54) is 12.1 Å². The Morgan fingerprint density at radius 2 is 1.75 bits per heavy atom. The standard InChI is InChI=1S/C16H16O8/c1-6-7(2)23-11-8(6)4-3-5-9(11)16(22)12(18)10(17)14(20)24-15(21)13(16)19/h3-5,10,12-13,17-19,22H,1-2H3/t10-,12+,13-,16-/m0/s1. The molecule has 1 aromatic carbocycles. The minimum absolute atomic E-state index is 0.127. The molecule has 1 aliphatic heterocycles. The molecular weight excluding hydrogens is 320 g/mol. The van der Waals surface area contributed by atoms with Gasteiger partial charge in [-0.2, -0.15) is 0 Å². The number of ether oxygens (including phenoxy) is 1. The van der Waals surface area contributed by atoms with Crippen LogP contribution in [0.2, 0.25) is 0 Å². The number of para-hydroxylation sites is 1. The lowest BCUT2D eigenvalue weighted by molar-refractivity contribution is -0.183. The predicted molar refractivity (Wildman–Crippen MR) is 78.7 cm³/mol. The van der Waals surface area contributed by atoms with Gasteiger partial charge in [0.05, 0.1) is 0 Å². The van der Waals surface area contributed by atoms with Gasteiger partial charge in [0, 0.05) is 10.9 Å². The van der Waals surface area contributed by atoms with E-state index in [0.717, 1.165) is 5.56 Å². The number of aliphatic hydroxyl groups excluding tert-OH is 3. The lowest BCUT2D eigenvalue weighted by Gasteiger charge is -2.34. The van der Waals surface area contributed by atoms with Crippen molar-refractivity contribution in [3.63, 3.8) is 0 Å². The highest BCUT2D eigenvalue weighted by molar-refractivity contribution is 5.94. The molecule has 0 unspecified atom stereocenters. The van der Waals surface area contributed by atoms with Gasteiger partial charge in [0.25, 0.3) is 0 Å². The Hall–Kier alpha value is -2.26. The normalized spacial score (nSPS) is 31.2. The van der Waals surface area contributed by atoms with Crippen LogP contribution in [0.4, 0.5) is 0 Å². The number of rotatable bonds is 1. The first-order valence-electron chi connectivity index (χ1n) is 7.20. The van der Waals surface area contributed by atoms with Crippen LogP contribution in [-0.2, 0) is 19.9 Å². The summed E-state index contributed by atoms with van der Waals surface area (Å²) < 4.78 is 9.82. The number of cyclic esters (lactones) is 2. The van der Waals surface area contributed by atoms with Crippen LogP contribution in [0.5, 0.6) is 0 Å². The summed E-state index contributed by atoms with van der Waals surface area (Å²) in [4.78, 5) is 23.3. The maximum atomic E-state index is 11.8. The van der Waals surface area contributed by atoms with Crippen molar-refractivity contribution in [2.45, 2.75) is 37.8 Å². The van der Waals surface area contributed by atoms with E-state index >= 15 is 0 Å². The SMILES string of the molecule is Cc1oc2c([C@]3(O)[C@H](O)[C@H](O)C(=O)OC(=O)[C@@H]3O)cccc2c1C. The van der Waals surface area contributed by atoms with Crippen molar-refractivity contribution in [1.82, 2.24) is 0 Å². The van der Waals surface area contributed by atoms with Crippen molar-refractivity contribution in [3.8, 4) is 0 Å². The molecule has 1 aliphatic rings. The van der Waals surface area contributed by atoms with E-state index in [9.17, 15) is 30.0 Å². The fourth-order valence-corrected chi connectivity index (χ4v) is 2.91. The molecule has 0 saturated carbocycles. The van der Waals surface area contributed by atoms with Crippen LogP contribution in [0.15, 0.2) is 22.6 Å². The predicted octanol–water partition coefficient (Wildman–Crippen LogP) is -0.597. The molecule has 3 rings (SSSR count). The molecule has 0 bridgehead atoms. The maximum absolute atomic E-state index is 11.8. The molecule has 8 heteroatoms. The molecule has 1 aromatic heterocycles. The van der Waals surface area contributed by atoms with Gasteiger partial charge in [0.1, 0.15) is 17.4 Å². The van der Waals surface area contributed by atoms with Crippen molar-refractivity contribution >= 4 is 22.9 Å². The fraction of sp³-hybridized carbons (Fsp3) is 0.375. The highest BCUT2D eigenvalue weighted by Crippen LogP contribution is 2.39. The van der Waals surface area contributed by atoms with Gasteiger partial charge in [-0.1, -0.05) is 18.2 Å². The third-order valence-corrected chi connectivity index (χ3v) is 4.47. The van der Waals surface area contributed by atoms with E-state index in [2.05, 4.69) is 4.74 Å². The summed E-state index contributed by atoms with van der Waals surface area (Å²) in [6.45, 7) is 3.47. The molecule has 2 aromatic rings. The number of hydrogen-bond acceptors (Lipinski definition) is 8. The topological polar surface area (TPSA) is 137 Å². The summed E-state index contributed by atoms with van der Waals surface area (Å²) in [5, 5.41) is 41.8. The van der Waals surface area contributed by atoms with Gasteiger partial charge in [-0.25, -0.2) is 9.59 Å². The Labute approximate surface area is 135 Å². The molecule has 0 spiro atoms. The Morgan fingerprint density at radius 1 is 1.08 bits per heavy atom.